The summed E-state index contributed by atoms with van der Waals surface area (Å²) in [5.41, 5.74) is 1.22. The summed E-state index contributed by atoms with van der Waals surface area (Å²) in [4.78, 5) is 2.55. The minimum absolute atomic E-state index is 0. The Bertz CT molecular complexity index is 693. The van der Waals surface area contributed by atoms with E-state index in [0.717, 1.165) is 37.6 Å². The highest BCUT2D eigenvalue weighted by Crippen LogP contribution is 2.34. The molecule has 1 aliphatic rings. The average Bonchev–Trinajstić information content (AvgIpc) is 2.72. The lowest BCUT2D eigenvalue weighted by Gasteiger charge is -2.38. The Morgan fingerprint density at radius 1 is 1.04 bits per heavy atom. The molecule has 1 aliphatic heterocycles. The fourth-order valence-electron chi connectivity index (χ4n) is 3.89. The number of likely N-dealkylation sites (tertiary alicyclic amines) is 1. The van der Waals surface area contributed by atoms with E-state index in [1.54, 1.807) is 19.2 Å². The van der Waals surface area contributed by atoms with E-state index in [4.69, 9.17) is 9.47 Å². The van der Waals surface area contributed by atoms with Gasteiger partial charge in [0.15, 0.2) is 0 Å². The molecule has 2 aromatic rings. The number of nitrogens with zero attached hydrogens (tertiary/aromatic N) is 1. The van der Waals surface area contributed by atoms with Crippen molar-refractivity contribution in [3.63, 3.8) is 0 Å². The Morgan fingerprint density at radius 2 is 1.71 bits per heavy atom. The second kappa shape index (κ2) is 11.3. The van der Waals surface area contributed by atoms with Gasteiger partial charge in [-0.2, -0.15) is 0 Å². The average molecular weight is 408 g/mol. The molecule has 1 fully saturated rings. The number of benzene rings is 2. The summed E-state index contributed by atoms with van der Waals surface area (Å²) in [5.74, 6) is 2.31. The first-order valence-corrected chi connectivity index (χ1v) is 9.94. The molecule has 5 heteroatoms. The van der Waals surface area contributed by atoms with Crippen LogP contribution in [0.15, 0.2) is 48.5 Å². The van der Waals surface area contributed by atoms with Crippen LogP contribution in [0.1, 0.15) is 37.7 Å². The summed E-state index contributed by atoms with van der Waals surface area (Å²) in [6, 6.07) is 14.7. The Labute approximate surface area is 174 Å². The lowest BCUT2D eigenvalue weighted by molar-refractivity contribution is 0.110. The fraction of sp³-hybridized carbons (Fsp3) is 0.478. The van der Waals surface area contributed by atoms with Crippen LogP contribution in [0, 0.1) is 11.7 Å². The van der Waals surface area contributed by atoms with Crippen molar-refractivity contribution >= 4 is 12.4 Å². The van der Waals surface area contributed by atoms with E-state index in [1.807, 2.05) is 36.4 Å². The summed E-state index contributed by atoms with van der Waals surface area (Å²) in [5, 5.41) is 0. The van der Waals surface area contributed by atoms with Crippen molar-refractivity contribution in [2.24, 2.45) is 5.92 Å². The fourth-order valence-corrected chi connectivity index (χ4v) is 3.89. The molecule has 0 aromatic heterocycles. The molecule has 0 saturated carbocycles. The van der Waals surface area contributed by atoms with Crippen LogP contribution in [0.4, 0.5) is 4.39 Å². The minimum Gasteiger partial charge on any atom is -0.497 e. The zero-order valence-corrected chi connectivity index (χ0v) is 17.6. The molecule has 0 radical (unpaired) electrons. The van der Waals surface area contributed by atoms with Gasteiger partial charge in [0.2, 0.25) is 0 Å². The standard InChI is InChI=1S/C23H30FNO2.ClH/c1-3-4-14-25-15-13-23(18-5-7-20(24)8-6-18)19(16-25)17-27-22-11-9-21(26-2)10-12-22;/h5-12,19,23H,3-4,13-17H2,1-2H3;1H/t19-,23-;/m1./s1. The number of hydrogen-bond acceptors (Lipinski definition) is 3. The van der Waals surface area contributed by atoms with E-state index < -0.39 is 0 Å². The first kappa shape index (κ1) is 22.5. The lowest BCUT2D eigenvalue weighted by atomic mass is 9.80. The number of piperidine rings is 1. The van der Waals surface area contributed by atoms with Gasteiger partial charge in [-0.05, 0) is 73.8 Å². The molecule has 154 valence electrons. The summed E-state index contributed by atoms with van der Waals surface area (Å²) in [6.07, 6.45) is 3.53. The maximum Gasteiger partial charge on any atom is 0.123 e. The van der Waals surface area contributed by atoms with Gasteiger partial charge in [-0.3, -0.25) is 0 Å². The predicted molar refractivity (Wildman–Crippen MR) is 114 cm³/mol. The molecule has 0 bridgehead atoms. The molecule has 2 aromatic carbocycles. The van der Waals surface area contributed by atoms with Gasteiger partial charge in [-0.15, -0.1) is 12.4 Å². The van der Waals surface area contributed by atoms with Gasteiger partial charge >= 0.3 is 0 Å². The van der Waals surface area contributed by atoms with Crippen molar-refractivity contribution in [2.75, 3.05) is 33.4 Å². The molecule has 3 rings (SSSR count). The molecular weight excluding hydrogens is 377 g/mol. The Morgan fingerprint density at radius 3 is 2.36 bits per heavy atom. The van der Waals surface area contributed by atoms with Crippen molar-refractivity contribution in [3.05, 3.63) is 59.9 Å². The number of rotatable bonds is 8. The Hall–Kier alpha value is -1.78. The predicted octanol–water partition coefficient (Wildman–Crippen LogP) is 5.54. The number of halogens is 2. The quantitative estimate of drug-likeness (QED) is 0.573. The number of ether oxygens (including phenoxy) is 2. The molecule has 1 heterocycles. The third-order valence-electron chi connectivity index (χ3n) is 5.47. The molecule has 1 saturated heterocycles. The van der Waals surface area contributed by atoms with Crippen LogP contribution < -0.4 is 9.47 Å². The summed E-state index contributed by atoms with van der Waals surface area (Å²) in [7, 11) is 1.66. The highest BCUT2D eigenvalue weighted by atomic mass is 35.5. The number of methoxy groups -OCH3 is 1. The summed E-state index contributed by atoms with van der Waals surface area (Å²) in [6.45, 7) is 6.16. The van der Waals surface area contributed by atoms with Gasteiger partial charge < -0.3 is 14.4 Å². The van der Waals surface area contributed by atoms with Gasteiger partial charge in [0.05, 0.1) is 13.7 Å². The second-order valence-electron chi connectivity index (χ2n) is 7.35. The minimum atomic E-state index is -0.176. The van der Waals surface area contributed by atoms with Crippen LogP contribution in [-0.2, 0) is 0 Å². The summed E-state index contributed by atoms with van der Waals surface area (Å²) >= 11 is 0. The van der Waals surface area contributed by atoms with Crippen LogP contribution in [0.2, 0.25) is 0 Å². The van der Waals surface area contributed by atoms with E-state index in [9.17, 15) is 4.39 Å². The van der Waals surface area contributed by atoms with Crippen LogP contribution in [-0.4, -0.2) is 38.3 Å². The van der Waals surface area contributed by atoms with E-state index in [2.05, 4.69) is 11.8 Å². The maximum absolute atomic E-state index is 13.3. The largest absolute Gasteiger partial charge is 0.497 e. The van der Waals surface area contributed by atoms with Crippen LogP contribution in [0.5, 0.6) is 11.5 Å². The first-order chi connectivity index (χ1) is 13.2. The molecule has 2 atom stereocenters. The molecule has 0 amide bonds. The topological polar surface area (TPSA) is 21.7 Å². The van der Waals surface area contributed by atoms with Crippen LogP contribution >= 0.6 is 12.4 Å². The van der Waals surface area contributed by atoms with Crippen LogP contribution in [0.3, 0.4) is 0 Å². The Balaban J connectivity index is 0.00000280. The van der Waals surface area contributed by atoms with Gasteiger partial charge in [0.25, 0.3) is 0 Å². The molecule has 28 heavy (non-hydrogen) atoms. The van der Waals surface area contributed by atoms with Crippen molar-refractivity contribution in [2.45, 2.75) is 32.1 Å². The molecule has 3 nitrogen and oxygen atoms in total. The Kier molecular flexibility index (Phi) is 9.07. The lowest BCUT2D eigenvalue weighted by Crippen LogP contribution is -2.42. The molecular formula is C23H31ClFNO2. The van der Waals surface area contributed by atoms with E-state index in [0.29, 0.717) is 18.4 Å². The van der Waals surface area contributed by atoms with Gasteiger partial charge in [0.1, 0.15) is 17.3 Å². The van der Waals surface area contributed by atoms with E-state index >= 15 is 0 Å². The van der Waals surface area contributed by atoms with E-state index in [-0.39, 0.29) is 18.2 Å². The highest BCUT2D eigenvalue weighted by molar-refractivity contribution is 5.85. The van der Waals surface area contributed by atoms with E-state index in [1.165, 1.54) is 18.4 Å². The smallest absolute Gasteiger partial charge is 0.123 e. The molecule has 0 spiro atoms. The van der Waals surface area contributed by atoms with Gasteiger partial charge in [-0.25, -0.2) is 4.39 Å². The van der Waals surface area contributed by atoms with Crippen molar-refractivity contribution in [1.29, 1.82) is 0 Å². The second-order valence-corrected chi connectivity index (χ2v) is 7.35. The third kappa shape index (κ3) is 6.11. The van der Waals surface area contributed by atoms with Gasteiger partial charge in [0, 0.05) is 12.5 Å². The van der Waals surface area contributed by atoms with Crippen molar-refractivity contribution in [1.82, 2.24) is 4.90 Å². The number of hydrogen-bond donors (Lipinski definition) is 0. The third-order valence-corrected chi connectivity index (χ3v) is 5.47. The maximum atomic E-state index is 13.3. The molecule has 0 aliphatic carbocycles. The van der Waals surface area contributed by atoms with Crippen molar-refractivity contribution < 1.29 is 13.9 Å². The first-order valence-electron chi connectivity index (χ1n) is 9.94. The highest BCUT2D eigenvalue weighted by Gasteiger charge is 2.30. The SMILES string of the molecule is CCCCN1CC[C@H](c2ccc(F)cc2)[C@@H](COc2ccc(OC)cc2)C1.Cl. The van der Waals surface area contributed by atoms with Crippen molar-refractivity contribution in [3.8, 4) is 11.5 Å². The monoisotopic (exact) mass is 407 g/mol. The molecule has 0 N–H and O–H groups in total. The van der Waals surface area contributed by atoms with Crippen LogP contribution in [0.25, 0.3) is 0 Å². The normalized spacial score (nSPS) is 19.7. The summed E-state index contributed by atoms with van der Waals surface area (Å²) < 4.78 is 24.7. The van der Waals surface area contributed by atoms with Gasteiger partial charge in [-0.1, -0.05) is 25.5 Å². The zero-order chi connectivity index (χ0) is 19.1. The number of unbranched alkanes of at least 4 members (excludes halogenated alkanes) is 1. The zero-order valence-electron chi connectivity index (χ0n) is 16.8. The molecule has 0 unspecified atom stereocenters.